The van der Waals surface area contributed by atoms with Crippen LogP contribution in [0.4, 0.5) is 4.39 Å². The topological polar surface area (TPSA) is 99.0 Å². The van der Waals surface area contributed by atoms with E-state index in [1.165, 1.54) is 28.0 Å². The lowest BCUT2D eigenvalue weighted by molar-refractivity contribution is -0.146. The molecule has 1 saturated heterocycles. The Morgan fingerprint density at radius 1 is 0.920 bits per heavy atom. The van der Waals surface area contributed by atoms with Crippen molar-refractivity contribution >= 4 is 17.7 Å². The molecule has 3 amide bonds. The second kappa shape index (κ2) is 17.5. The van der Waals surface area contributed by atoms with E-state index in [1.54, 1.807) is 26.2 Å². The number of carbonyl (C=O) groups is 3. The average Bonchev–Trinajstić information content (AvgIpc) is 3.49. The highest BCUT2D eigenvalue weighted by Crippen LogP contribution is 2.22. The summed E-state index contributed by atoms with van der Waals surface area (Å²) in [6.07, 6.45) is 5.54. The maximum absolute atomic E-state index is 14.6. The molecule has 1 fully saturated rings. The monoisotopic (exact) mass is 683 g/mol. The molecule has 3 N–H and O–H groups in total. The number of nitrogens with zero attached hydrogens (tertiary/aromatic N) is 3. The molecule has 0 radical (unpaired) electrons. The van der Waals surface area contributed by atoms with Gasteiger partial charge >= 0.3 is 0 Å². The molecule has 1 aliphatic heterocycles. The molecule has 8 nitrogen and oxygen atoms in total. The van der Waals surface area contributed by atoms with E-state index >= 15 is 0 Å². The van der Waals surface area contributed by atoms with Gasteiger partial charge in [0.2, 0.25) is 17.7 Å². The van der Waals surface area contributed by atoms with E-state index in [0.29, 0.717) is 19.0 Å². The van der Waals surface area contributed by atoms with E-state index in [-0.39, 0.29) is 36.4 Å². The van der Waals surface area contributed by atoms with Gasteiger partial charge in [0, 0.05) is 51.1 Å². The first kappa shape index (κ1) is 38.5. The molecule has 0 spiro atoms. The third-order valence-corrected chi connectivity index (χ3v) is 9.60. The third kappa shape index (κ3) is 11.1. The van der Waals surface area contributed by atoms with Gasteiger partial charge in [0.25, 0.3) is 0 Å². The van der Waals surface area contributed by atoms with Crippen LogP contribution in [0.1, 0.15) is 57.6 Å². The SMILES string of the molecule is C/C(=C\C(=O)N(C)[C@H](Cc1ccc(-c2ccccc2)cc1)C(=O)N(C)[C@H](Cc1ccc(F)cc1)C(=O)NCCC1CCCN1C)CC(C)(C)N. The van der Waals surface area contributed by atoms with Crippen LogP contribution in [0.15, 0.2) is 90.5 Å². The Bertz CT molecular complexity index is 1600. The number of rotatable bonds is 15. The maximum atomic E-state index is 14.6. The Kier molecular flexibility index (Phi) is 13.5. The highest BCUT2D eigenvalue weighted by molar-refractivity contribution is 5.95. The number of benzene rings is 3. The number of hydrogen-bond acceptors (Lipinski definition) is 5. The molecule has 0 aliphatic carbocycles. The van der Waals surface area contributed by atoms with Crippen molar-refractivity contribution in [3.8, 4) is 11.1 Å². The summed E-state index contributed by atoms with van der Waals surface area (Å²) in [6, 6.07) is 22.6. The average molecular weight is 684 g/mol. The predicted molar refractivity (Wildman–Crippen MR) is 199 cm³/mol. The van der Waals surface area contributed by atoms with Crippen LogP contribution < -0.4 is 11.1 Å². The van der Waals surface area contributed by atoms with E-state index in [2.05, 4.69) is 17.3 Å². The summed E-state index contributed by atoms with van der Waals surface area (Å²) in [5.74, 6) is -1.35. The largest absolute Gasteiger partial charge is 0.354 e. The van der Waals surface area contributed by atoms with E-state index in [4.69, 9.17) is 5.73 Å². The van der Waals surface area contributed by atoms with Gasteiger partial charge in [-0.3, -0.25) is 14.4 Å². The lowest BCUT2D eigenvalue weighted by Crippen LogP contribution is -2.56. The van der Waals surface area contributed by atoms with Crippen LogP contribution in [-0.4, -0.2) is 90.3 Å². The number of amides is 3. The quantitative estimate of drug-likeness (QED) is 0.203. The third-order valence-electron chi connectivity index (χ3n) is 9.60. The van der Waals surface area contributed by atoms with E-state index in [9.17, 15) is 18.8 Å². The Morgan fingerprint density at radius 3 is 2.08 bits per heavy atom. The van der Waals surface area contributed by atoms with Crippen molar-refractivity contribution in [1.29, 1.82) is 0 Å². The van der Waals surface area contributed by atoms with E-state index in [1.807, 2.05) is 75.4 Å². The summed E-state index contributed by atoms with van der Waals surface area (Å²) in [5, 5.41) is 3.07. The molecule has 0 saturated carbocycles. The van der Waals surface area contributed by atoms with Crippen LogP contribution in [-0.2, 0) is 27.2 Å². The Labute approximate surface area is 297 Å². The van der Waals surface area contributed by atoms with Crippen LogP contribution in [0.2, 0.25) is 0 Å². The first-order valence-electron chi connectivity index (χ1n) is 17.6. The zero-order valence-electron chi connectivity index (χ0n) is 30.5. The molecule has 1 unspecified atom stereocenters. The predicted octanol–water partition coefficient (Wildman–Crippen LogP) is 5.61. The van der Waals surface area contributed by atoms with Crippen molar-refractivity contribution < 1.29 is 18.8 Å². The van der Waals surface area contributed by atoms with Gasteiger partial charge in [0.1, 0.15) is 17.9 Å². The van der Waals surface area contributed by atoms with Crippen LogP contribution in [0.5, 0.6) is 0 Å². The number of nitrogens with one attached hydrogen (secondary N) is 1. The molecule has 4 rings (SSSR count). The molecule has 3 aromatic carbocycles. The second-order valence-electron chi connectivity index (χ2n) is 14.5. The van der Waals surface area contributed by atoms with Crippen molar-refractivity contribution in [2.24, 2.45) is 5.73 Å². The Hall–Kier alpha value is -4.34. The van der Waals surface area contributed by atoms with Crippen LogP contribution in [0.25, 0.3) is 11.1 Å². The second-order valence-corrected chi connectivity index (χ2v) is 14.5. The summed E-state index contributed by atoms with van der Waals surface area (Å²) in [7, 11) is 5.34. The zero-order chi connectivity index (χ0) is 36.4. The fourth-order valence-corrected chi connectivity index (χ4v) is 6.77. The molecule has 268 valence electrons. The number of nitrogens with two attached hydrogens (primary N) is 1. The zero-order valence-corrected chi connectivity index (χ0v) is 30.5. The molecule has 50 heavy (non-hydrogen) atoms. The minimum Gasteiger partial charge on any atom is -0.354 e. The standard InChI is InChI=1S/C41H54FN5O3/c1-29(28-41(2,3)43)25-38(48)46(5)37(27-30-14-18-33(19-15-30)32-11-8-7-9-12-32)40(50)47(6)36(26-31-16-20-34(42)21-17-31)39(49)44-23-22-35-13-10-24-45(35)4/h7-9,11-12,14-21,25,35-37H,10,13,22-24,26-28,43H2,1-6H3,(H,44,49)/b29-25+/t35?,36-,37-/m1/s1. The van der Waals surface area contributed by atoms with Gasteiger partial charge in [-0.2, -0.15) is 0 Å². The van der Waals surface area contributed by atoms with Crippen molar-refractivity contribution in [1.82, 2.24) is 20.0 Å². The van der Waals surface area contributed by atoms with Crippen LogP contribution >= 0.6 is 0 Å². The first-order valence-corrected chi connectivity index (χ1v) is 17.6. The highest BCUT2D eigenvalue weighted by Gasteiger charge is 2.35. The fraction of sp³-hybridized carbons (Fsp3) is 0.439. The molecule has 3 atom stereocenters. The number of hydrogen-bond donors (Lipinski definition) is 2. The lowest BCUT2D eigenvalue weighted by atomic mass is 9.96. The summed E-state index contributed by atoms with van der Waals surface area (Å²) < 4.78 is 13.8. The summed E-state index contributed by atoms with van der Waals surface area (Å²) in [4.78, 5) is 47.3. The minimum absolute atomic E-state index is 0.193. The van der Waals surface area contributed by atoms with Crippen LogP contribution in [0, 0.1) is 5.82 Å². The first-order chi connectivity index (χ1) is 23.7. The Balaban J connectivity index is 1.61. The minimum atomic E-state index is -0.902. The van der Waals surface area contributed by atoms with Gasteiger partial charge in [0.05, 0.1) is 0 Å². The molecule has 0 aromatic heterocycles. The summed E-state index contributed by atoms with van der Waals surface area (Å²) in [6.45, 7) is 7.18. The molecule has 1 aliphatic rings. The van der Waals surface area contributed by atoms with Crippen molar-refractivity contribution in [2.75, 3.05) is 34.2 Å². The van der Waals surface area contributed by atoms with Gasteiger partial charge in [-0.15, -0.1) is 0 Å². The number of likely N-dealkylation sites (tertiary alicyclic amines) is 1. The molecule has 9 heteroatoms. The lowest BCUT2D eigenvalue weighted by Gasteiger charge is -2.34. The maximum Gasteiger partial charge on any atom is 0.246 e. The van der Waals surface area contributed by atoms with Gasteiger partial charge in [-0.1, -0.05) is 72.3 Å². The van der Waals surface area contributed by atoms with Gasteiger partial charge in [0.15, 0.2) is 0 Å². The molecule has 1 heterocycles. The fourth-order valence-electron chi connectivity index (χ4n) is 6.77. The van der Waals surface area contributed by atoms with Gasteiger partial charge < -0.3 is 25.8 Å². The van der Waals surface area contributed by atoms with Crippen molar-refractivity contribution in [2.45, 2.75) is 83.0 Å². The highest BCUT2D eigenvalue weighted by atomic mass is 19.1. The van der Waals surface area contributed by atoms with E-state index in [0.717, 1.165) is 53.6 Å². The molecular weight excluding hydrogens is 629 g/mol. The van der Waals surface area contributed by atoms with Crippen molar-refractivity contribution in [3.63, 3.8) is 0 Å². The number of carbonyl (C=O) groups excluding carboxylic acids is 3. The molecule has 3 aromatic rings. The van der Waals surface area contributed by atoms with Gasteiger partial charge in [-0.05, 0) is 94.4 Å². The molecular formula is C41H54FN5O3. The number of halogens is 1. The van der Waals surface area contributed by atoms with Gasteiger partial charge in [-0.25, -0.2) is 4.39 Å². The van der Waals surface area contributed by atoms with Crippen LogP contribution in [0.3, 0.4) is 0 Å². The smallest absolute Gasteiger partial charge is 0.246 e. The van der Waals surface area contributed by atoms with E-state index < -0.39 is 17.6 Å². The van der Waals surface area contributed by atoms with Crippen molar-refractivity contribution in [3.05, 3.63) is 107 Å². The normalized spacial score (nSPS) is 16.5. The number of likely N-dealkylation sites (N-methyl/N-ethyl adjacent to an activating group) is 2. The Morgan fingerprint density at radius 2 is 1.50 bits per heavy atom. The summed E-state index contributed by atoms with van der Waals surface area (Å²) in [5.41, 5.74) is 10.2. The summed E-state index contributed by atoms with van der Waals surface area (Å²) >= 11 is 0. The molecule has 0 bridgehead atoms.